The maximum absolute atomic E-state index is 12.7. The first-order valence-electron chi connectivity index (χ1n) is 5.05. The number of anilines is 1. The molecule has 0 atom stereocenters. The first-order valence-corrected chi connectivity index (χ1v) is 5.05. The number of nitrogens with one attached hydrogen (secondary N) is 1. The normalized spacial score (nSPS) is 11.6. The van der Waals surface area contributed by atoms with Gasteiger partial charge in [-0.1, -0.05) is 13.3 Å². The number of hydrogen-bond donors (Lipinski definition) is 1. The molecular weight excluding hydrogens is 222 g/mol. The average Bonchev–Trinajstić information content (AvgIpc) is 2.19. The summed E-state index contributed by atoms with van der Waals surface area (Å²) in [5, 5.41) is 2.66. The SMILES string of the molecule is CCCCNc1ccc(F)cc1C(F)(F)F. The van der Waals surface area contributed by atoms with Crippen LogP contribution in [0.2, 0.25) is 0 Å². The zero-order chi connectivity index (χ0) is 12.2. The first-order chi connectivity index (χ1) is 7.45. The van der Waals surface area contributed by atoms with E-state index >= 15 is 0 Å². The monoisotopic (exact) mass is 235 g/mol. The fourth-order valence-electron chi connectivity index (χ4n) is 1.30. The minimum absolute atomic E-state index is 0.0673. The Morgan fingerprint density at radius 2 is 1.94 bits per heavy atom. The second-order valence-corrected chi connectivity index (χ2v) is 3.47. The van der Waals surface area contributed by atoms with E-state index in [9.17, 15) is 17.6 Å². The van der Waals surface area contributed by atoms with Gasteiger partial charge in [-0.15, -0.1) is 0 Å². The zero-order valence-electron chi connectivity index (χ0n) is 8.87. The first kappa shape index (κ1) is 12.8. The molecule has 0 fully saturated rings. The third kappa shape index (κ3) is 3.40. The van der Waals surface area contributed by atoms with Crippen molar-refractivity contribution in [1.29, 1.82) is 0 Å². The van der Waals surface area contributed by atoms with Crippen molar-refractivity contribution in [3.8, 4) is 0 Å². The van der Waals surface area contributed by atoms with E-state index < -0.39 is 17.6 Å². The van der Waals surface area contributed by atoms with Crippen LogP contribution in [0.25, 0.3) is 0 Å². The van der Waals surface area contributed by atoms with Gasteiger partial charge in [0.05, 0.1) is 5.56 Å². The summed E-state index contributed by atoms with van der Waals surface area (Å²) in [6.45, 7) is 2.39. The zero-order valence-corrected chi connectivity index (χ0v) is 8.87. The quantitative estimate of drug-likeness (QED) is 0.613. The molecule has 0 aliphatic carbocycles. The van der Waals surface area contributed by atoms with E-state index in [0.717, 1.165) is 25.0 Å². The van der Waals surface area contributed by atoms with Crippen molar-refractivity contribution < 1.29 is 17.6 Å². The van der Waals surface area contributed by atoms with E-state index in [1.165, 1.54) is 0 Å². The average molecular weight is 235 g/mol. The van der Waals surface area contributed by atoms with Crippen LogP contribution in [0, 0.1) is 5.82 Å². The molecule has 90 valence electrons. The van der Waals surface area contributed by atoms with Gasteiger partial charge in [-0.2, -0.15) is 13.2 Å². The fraction of sp³-hybridized carbons (Fsp3) is 0.455. The lowest BCUT2D eigenvalue weighted by molar-refractivity contribution is -0.137. The Morgan fingerprint density at radius 3 is 2.50 bits per heavy atom. The highest BCUT2D eigenvalue weighted by molar-refractivity contribution is 5.52. The van der Waals surface area contributed by atoms with Gasteiger partial charge in [0.1, 0.15) is 5.82 Å². The Labute approximate surface area is 91.5 Å². The van der Waals surface area contributed by atoms with E-state index in [0.29, 0.717) is 12.6 Å². The van der Waals surface area contributed by atoms with Crippen LogP contribution in [-0.4, -0.2) is 6.54 Å². The molecule has 0 aromatic heterocycles. The van der Waals surface area contributed by atoms with Crippen LogP contribution >= 0.6 is 0 Å². The number of hydrogen-bond acceptors (Lipinski definition) is 1. The molecule has 1 rings (SSSR count). The standard InChI is InChI=1S/C11H13F4N/c1-2-3-6-16-10-5-4-8(12)7-9(10)11(13,14)15/h4-5,7,16H,2-3,6H2,1H3. The van der Waals surface area contributed by atoms with Crippen molar-refractivity contribution in [3.05, 3.63) is 29.6 Å². The summed E-state index contributed by atoms with van der Waals surface area (Å²) in [5.41, 5.74) is -1.02. The van der Waals surface area contributed by atoms with E-state index in [1.54, 1.807) is 0 Å². The molecule has 0 amide bonds. The summed E-state index contributed by atoms with van der Waals surface area (Å²) in [4.78, 5) is 0. The van der Waals surface area contributed by atoms with Gasteiger partial charge in [0.15, 0.2) is 0 Å². The van der Waals surface area contributed by atoms with E-state index in [-0.39, 0.29) is 5.69 Å². The van der Waals surface area contributed by atoms with Gasteiger partial charge in [-0.05, 0) is 24.6 Å². The maximum Gasteiger partial charge on any atom is 0.418 e. The highest BCUT2D eigenvalue weighted by atomic mass is 19.4. The van der Waals surface area contributed by atoms with Crippen LogP contribution in [0.1, 0.15) is 25.3 Å². The summed E-state index contributed by atoms with van der Waals surface area (Å²) < 4.78 is 50.3. The Balaban J connectivity index is 2.90. The summed E-state index contributed by atoms with van der Waals surface area (Å²) in [6.07, 6.45) is -2.87. The van der Waals surface area contributed by atoms with Crippen LogP contribution in [0.4, 0.5) is 23.2 Å². The van der Waals surface area contributed by atoms with Crippen molar-refractivity contribution in [2.75, 3.05) is 11.9 Å². The largest absolute Gasteiger partial charge is 0.418 e. The maximum atomic E-state index is 12.7. The van der Waals surface area contributed by atoms with Gasteiger partial charge in [0, 0.05) is 12.2 Å². The van der Waals surface area contributed by atoms with Gasteiger partial charge >= 0.3 is 6.18 Å². The molecule has 0 saturated heterocycles. The van der Waals surface area contributed by atoms with Gasteiger partial charge in [-0.3, -0.25) is 0 Å². The lowest BCUT2D eigenvalue weighted by Gasteiger charge is -2.14. The Bertz CT molecular complexity index is 346. The van der Waals surface area contributed by atoms with E-state index in [4.69, 9.17) is 0 Å². The second-order valence-electron chi connectivity index (χ2n) is 3.47. The Kier molecular flexibility index (Phi) is 4.15. The van der Waals surface area contributed by atoms with Gasteiger partial charge in [0.25, 0.3) is 0 Å². The highest BCUT2D eigenvalue weighted by Gasteiger charge is 2.33. The minimum Gasteiger partial charge on any atom is -0.385 e. The molecule has 0 bridgehead atoms. The van der Waals surface area contributed by atoms with Crippen molar-refractivity contribution in [2.24, 2.45) is 0 Å². The van der Waals surface area contributed by atoms with E-state index in [1.807, 2.05) is 6.92 Å². The molecule has 16 heavy (non-hydrogen) atoms. The lowest BCUT2D eigenvalue weighted by Crippen LogP contribution is -2.12. The lowest BCUT2D eigenvalue weighted by atomic mass is 10.1. The van der Waals surface area contributed by atoms with Crippen LogP contribution in [0.15, 0.2) is 18.2 Å². The summed E-state index contributed by atoms with van der Waals surface area (Å²) in [7, 11) is 0. The molecule has 1 aromatic carbocycles. The molecule has 1 aromatic rings. The van der Waals surface area contributed by atoms with Crippen molar-refractivity contribution in [1.82, 2.24) is 0 Å². The molecule has 5 heteroatoms. The minimum atomic E-state index is -4.53. The second kappa shape index (κ2) is 5.18. The number of halogens is 4. The third-order valence-electron chi connectivity index (χ3n) is 2.13. The third-order valence-corrected chi connectivity index (χ3v) is 2.13. The highest BCUT2D eigenvalue weighted by Crippen LogP contribution is 2.35. The molecule has 0 aliphatic rings. The molecule has 0 saturated carbocycles. The number of alkyl halides is 3. The molecule has 1 nitrogen and oxygen atoms in total. The summed E-state index contributed by atoms with van der Waals surface area (Å²) in [5.74, 6) is -0.881. The van der Waals surface area contributed by atoms with Crippen LogP contribution in [0.3, 0.4) is 0 Å². The van der Waals surface area contributed by atoms with Gasteiger partial charge in [-0.25, -0.2) is 4.39 Å². The van der Waals surface area contributed by atoms with Crippen LogP contribution in [-0.2, 0) is 6.18 Å². The Hall–Kier alpha value is -1.26. The molecule has 0 spiro atoms. The molecule has 0 radical (unpaired) electrons. The summed E-state index contributed by atoms with van der Waals surface area (Å²) >= 11 is 0. The van der Waals surface area contributed by atoms with Crippen LogP contribution < -0.4 is 5.32 Å². The van der Waals surface area contributed by atoms with Crippen molar-refractivity contribution in [3.63, 3.8) is 0 Å². The smallest absolute Gasteiger partial charge is 0.385 e. The Morgan fingerprint density at radius 1 is 1.25 bits per heavy atom. The molecule has 0 unspecified atom stereocenters. The molecular formula is C11H13F4N. The van der Waals surface area contributed by atoms with Crippen molar-refractivity contribution >= 4 is 5.69 Å². The number of benzene rings is 1. The van der Waals surface area contributed by atoms with Gasteiger partial charge in [0.2, 0.25) is 0 Å². The molecule has 0 aliphatic heterocycles. The van der Waals surface area contributed by atoms with Crippen LogP contribution in [0.5, 0.6) is 0 Å². The predicted molar refractivity (Wildman–Crippen MR) is 54.8 cm³/mol. The fourth-order valence-corrected chi connectivity index (χ4v) is 1.30. The molecule has 0 heterocycles. The van der Waals surface area contributed by atoms with Gasteiger partial charge < -0.3 is 5.32 Å². The van der Waals surface area contributed by atoms with E-state index in [2.05, 4.69) is 5.32 Å². The number of unbranched alkanes of at least 4 members (excludes halogenated alkanes) is 1. The molecule has 1 N–H and O–H groups in total. The topological polar surface area (TPSA) is 12.0 Å². The number of rotatable bonds is 4. The predicted octanol–water partition coefficient (Wildman–Crippen LogP) is 4.06. The summed E-state index contributed by atoms with van der Waals surface area (Å²) in [6, 6.07) is 2.64. The van der Waals surface area contributed by atoms with Crippen molar-refractivity contribution in [2.45, 2.75) is 25.9 Å².